The van der Waals surface area contributed by atoms with Gasteiger partial charge in [-0.2, -0.15) is 0 Å². The Kier molecular flexibility index (Phi) is 5.25. The molecule has 0 amide bonds. The van der Waals surface area contributed by atoms with Crippen LogP contribution in [0.2, 0.25) is 0 Å². The topological polar surface area (TPSA) is 22.1 Å². The summed E-state index contributed by atoms with van der Waals surface area (Å²) in [6.07, 6.45) is 4.90. The summed E-state index contributed by atoms with van der Waals surface area (Å²) < 4.78 is 5.93. The number of para-hydroxylation sites is 1. The van der Waals surface area contributed by atoms with Gasteiger partial charge in [0.15, 0.2) is 0 Å². The van der Waals surface area contributed by atoms with E-state index in [-0.39, 0.29) is 0 Å². The average molecular weight is 305 g/mol. The number of fused-ring (bicyclic) bond motifs is 1. The van der Waals surface area contributed by atoms with Crippen molar-refractivity contribution in [2.75, 3.05) is 0 Å². The monoisotopic (exact) mass is 305 g/mol. The zero-order valence-corrected chi connectivity index (χ0v) is 13.7. The lowest BCUT2D eigenvalue weighted by atomic mass is 10.1. The Morgan fingerprint density at radius 3 is 2.74 bits per heavy atom. The molecular formula is C21H23NO. The molecule has 0 aliphatic heterocycles. The predicted octanol–water partition coefficient (Wildman–Crippen LogP) is 5.55. The van der Waals surface area contributed by atoms with Crippen molar-refractivity contribution < 1.29 is 4.74 Å². The average Bonchev–Trinajstić information content (AvgIpc) is 2.60. The summed E-state index contributed by atoms with van der Waals surface area (Å²) in [5.74, 6) is 0.925. The van der Waals surface area contributed by atoms with Crippen LogP contribution >= 0.6 is 0 Å². The summed E-state index contributed by atoms with van der Waals surface area (Å²) in [4.78, 5) is 4.65. The zero-order chi connectivity index (χ0) is 15.9. The van der Waals surface area contributed by atoms with Crippen LogP contribution in [-0.4, -0.2) is 4.98 Å². The fraction of sp³-hybridized carbons (Fsp3) is 0.286. The van der Waals surface area contributed by atoms with E-state index in [1.807, 2.05) is 30.3 Å². The third-order valence-corrected chi connectivity index (χ3v) is 4.01. The molecule has 1 aromatic heterocycles. The molecule has 0 saturated carbocycles. The van der Waals surface area contributed by atoms with Crippen LogP contribution in [0, 0.1) is 0 Å². The number of unbranched alkanes of at least 4 members (excludes halogenated alkanes) is 2. The van der Waals surface area contributed by atoms with Crippen molar-refractivity contribution in [3.05, 3.63) is 71.9 Å². The second kappa shape index (κ2) is 7.77. The number of benzene rings is 2. The first-order valence-corrected chi connectivity index (χ1v) is 8.41. The maximum absolute atomic E-state index is 5.93. The highest BCUT2D eigenvalue weighted by atomic mass is 16.5. The van der Waals surface area contributed by atoms with Gasteiger partial charge in [-0.05, 0) is 42.7 Å². The van der Waals surface area contributed by atoms with Gasteiger partial charge < -0.3 is 4.74 Å². The summed E-state index contributed by atoms with van der Waals surface area (Å²) in [7, 11) is 0. The van der Waals surface area contributed by atoms with Crippen LogP contribution in [0.3, 0.4) is 0 Å². The van der Waals surface area contributed by atoms with Gasteiger partial charge in [0.1, 0.15) is 12.4 Å². The molecule has 0 saturated heterocycles. The Labute approximate surface area is 138 Å². The molecule has 0 unspecified atom stereocenters. The van der Waals surface area contributed by atoms with Gasteiger partial charge in [0.2, 0.25) is 0 Å². The first-order chi connectivity index (χ1) is 11.3. The van der Waals surface area contributed by atoms with Crippen molar-refractivity contribution in [1.82, 2.24) is 4.98 Å². The number of nitrogens with zero attached hydrogens (tertiary/aromatic N) is 1. The van der Waals surface area contributed by atoms with Crippen molar-refractivity contribution in [2.45, 2.75) is 39.2 Å². The molecule has 1 heterocycles. The number of pyridine rings is 1. The molecule has 23 heavy (non-hydrogen) atoms. The minimum absolute atomic E-state index is 0.503. The molecule has 0 aliphatic carbocycles. The molecule has 3 rings (SSSR count). The standard InChI is InChI=1S/C21H23NO/c1-2-3-4-8-17-9-7-11-20(15-17)23-16-19-14-13-18-10-5-6-12-21(18)22-19/h5-7,9-15H,2-4,8,16H2,1H3. The van der Waals surface area contributed by atoms with Crippen LogP contribution in [0.1, 0.15) is 37.4 Å². The van der Waals surface area contributed by atoms with Gasteiger partial charge in [0, 0.05) is 5.39 Å². The van der Waals surface area contributed by atoms with Crippen LogP contribution in [0.5, 0.6) is 5.75 Å². The lowest BCUT2D eigenvalue weighted by Gasteiger charge is -2.08. The van der Waals surface area contributed by atoms with Crippen molar-refractivity contribution in [3.8, 4) is 5.75 Å². The van der Waals surface area contributed by atoms with Gasteiger partial charge in [-0.1, -0.05) is 56.2 Å². The third kappa shape index (κ3) is 4.32. The van der Waals surface area contributed by atoms with Crippen molar-refractivity contribution in [2.24, 2.45) is 0 Å². The Morgan fingerprint density at radius 1 is 0.913 bits per heavy atom. The highest BCUT2D eigenvalue weighted by Crippen LogP contribution is 2.18. The van der Waals surface area contributed by atoms with E-state index in [1.54, 1.807) is 0 Å². The van der Waals surface area contributed by atoms with E-state index in [4.69, 9.17) is 4.74 Å². The molecule has 0 aliphatic rings. The lowest BCUT2D eigenvalue weighted by Crippen LogP contribution is -1.99. The first-order valence-electron chi connectivity index (χ1n) is 8.41. The van der Waals surface area contributed by atoms with E-state index in [0.717, 1.165) is 28.8 Å². The number of rotatable bonds is 7. The number of aryl methyl sites for hydroxylation is 1. The minimum Gasteiger partial charge on any atom is -0.487 e. The second-order valence-corrected chi connectivity index (χ2v) is 5.89. The number of hydrogen-bond donors (Lipinski definition) is 0. The highest BCUT2D eigenvalue weighted by molar-refractivity contribution is 5.78. The van der Waals surface area contributed by atoms with Crippen LogP contribution in [0.15, 0.2) is 60.7 Å². The summed E-state index contributed by atoms with van der Waals surface area (Å²) >= 11 is 0. The largest absolute Gasteiger partial charge is 0.487 e. The summed E-state index contributed by atoms with van der Waals surface area (Å²) in [6.45, 7) is 2.74. The maximum Gasteiger partial charge on any atom is 0.130 e. The Hall–Kier alpha value is -2.35. The van der Waals surface area contributed by atoms with Gasteiger partial charge >= 0.3 is 0 Å². The van der Waals surface area contributed by atoms with E-state index < -0.39 is 0 Å². The van der Waals surface area contributed by atoms with E-state index in [2.05, 4.69) is 42.2 Å². The normalized spacial score (nSPS) is 10.8. The molecule has 0 N–H and O–H groups in total. The van der Waals surface area contributed by atoms with Crippen LogP contribution < -0.4 is 4.74 Å². The van der Waals surface area contributed by atoms with Crippen LogP contribution in [0.25, 0.3) is 10.9 Å². The predicted molar refractivity (Wildman–Crippen MR) is 95.7 cm³/mol. The third-order valence-electron chi connectivity index (χ3n) is 4.01. The fourth-order valence-corrected chi connectivity index (χ4v) is 2.72. The van der Waals surface area contributed by atoms with Gasteiger partial charge in [-0.15, -0.1) is 0 Å². The van der Waals surface area contributed by atoms with Gasteiger partial charge in [-0.25, -0.2) is 4.98 Å². The molecule has 0 fully saturated rings. The van der Waals surface area contributed by atoms with Crippen molar-refractivity contribution in [3.63, 3.8) is 0 Å². The molecule has 3 aromatic rings. The van der Waals surface area contributed by atoms with Crippen molar-refractivity contribution in [1.29, 1.82) is 0 Å². The summed E-state index contributed by atoms with van der Waals surface area (Å²) in [5, 5.41) is 1.16. The summed E-state index contributed by atoms with van der Waals surface area (Å²) in [5.41, 5.74) is 3.32. The van der Waals surface area contributed by atoms with Gasteiger partial charge in [-0.3, -0.25) is 0 Å². The van der Waals surface area contributed by atoms with Gasteiger partial charge in [0.05, 0.1) is 11.2 Å². The molecule has 2 aromatic carbocycles. The van der Waals surface area contributed by atoms with Crippen LogP contribution in [0.4, 0.5) is 0 Å². The molecule has 118 valence electrons. The van der Waals surface area contributed by atoms with E-state index in [1.165, 1.54) is 24.8 Å². The fourth-order valence-electron chi connectivity index (χ4n) is 2.72. The minimum atomic E-state index is 0.503. The number of aromatic nitrogens is 1. The van der Waals surface area contributed by atoms with Gasteiger partial charge in [0.25, 0.3) is 0 Å². The Balaban J connectivity index is 1.63. The first kappa shape index (κ1) is 15.5. The van der Waals surface area contributed by atoms with E-state index in [0.29, 0.717) is 6.61 Å². The van der Waals surface area contributed by atoms with Crippen LogP contribution in [-0.2, 0) is 13.0 Å². The Bertz CT molecular complexity index is 766. The lowest BCUT2D eigenvalue weighted by molar-refractivity contribution is 0.301. The highest BCUT2D eigenvalue weighted by Gasteiger charge is 2.01. The molecule has 0 atom stereocenters. The SMILES string of the molecule is CCCCCc1cccc(OCc2ccc3ccccc3n2)c1. The molecule has 0 radical (unpaired) electrons. The molecule has 2 heteroatoms. The number of hydrogen-bond acceptors (Lipinski definition) is 2. The zero-order valence-electron chi connectivity index (χ0n) is 13.7. The maximum atomic E-state index is 5.93. The smallest absolute Gasteiger partial charge is 0.130 e. The molecule has 2 nitrogen and oxygen atoms in total. The van der Waals surface area contributed by atoms with E-state index >= 15 is 0 Å². The molecular weight excluding hydrogens is 282 g/mol. The molecule has 0 bridgehead atoms. The van der Waals surface area contributed by atoms with Crippen molar-refractivity contribution >= 4 is 10.9 Å². The Morgan fingerprint density at radius 2 is 1.83 bits per heavy atom. The summed E-state index contributed by atoms with van der Waals surface area (Å²) in [6, 6.07) is 20.7. The van der Waals surface area contributed by atoms with E-state index in [9.17, 15) is 0 Å². The quantitative estimate of drug-likeness (QED) is 0.534. The molecule has 0 spiro atoms. The number of ether oxygens (including phenoxy) is 1. The second-order valence-electron chi connectivity index (χ2n) is 5.89.